The van der Waals surface area contributed by atoms with Crippen LogP contribution in [0.25, 0.3) is 0 Å². The number of carbonyl (C=O) groups is 1. The molecule has 0 aliphatic rings. The average Bonchev–Trinajstić information content (AvgIpc) is 3.32. The van der Waals surface area contributed by atoms with E-state index >= 15 is 0 Å². The summed E-state index contributed by atoms with van der Waals surface area (Å²) in [5, 5.41) is 10.7. The Morgan fingerprint density at radius 2 is 1.57 bits per heavy atom. The van der Waals surface area contributed by atoms with Crippen molar-refractivity contribution >= 4 is 17.2 Å². The predicted octanol–water partition coefficient (Wildman–Crippen LogP) is 9.01. The average molecular weight is 617 g/mol. The van der Waals surface area contributed by atoms with E-state index < -0.39 is 4.87 Å². The van der Waals surface area contributed by atoms with Crippen molar-refractivity contribution in [2.75, 3.05) is 6.61 Å². The minimum absolute atomic E-state index is 0.231. The number of aromatic nitrogens is 2. The zero-order valence-corrected chi connectivity index (χ0v) is 27.2. The Morgan fingerprint density at radius 3 is 2.27 bits per heavy atom. The first-order valence-electron chi connectivity index (χ1n) is 16.1. The van der Waals surface area contributed by atoms with E-state index in [9.17, 15) is 14.7 Å². The maximum atomic E-state index is 12.7. The van der Waals surface area contributed by atoms with E-state index in [1.807, 2.05) is 36.5 Å². The second kappa shape index (κ2) is 20.3. The number of thiazole rings is 1. The van der Waals surface area contributed by atoms with E-state index in [2.05, 4.69) is 61.4 Å². The molecule has 0 spiro atoms. The fourth-order valence-electron chi connectivity index (χ4n) is 4.72. The molecule has 236 valence electrons. The second-order valence-corrected chi connectivity index (χ2v) is 11.9. The molecule has 0 fully saturated rings. The van der Waals surface area contributed by atoms with E-state index in [4.69, 9.17) is 4.74 Å². The third kappa shape index (κ3) is 12.5. The number of allylic oxidation sites excluding steroid dienone is 6. The number of aryl methyl sites for hydroxylation is 1. The summed E-state index contributed by atoms with van der Waals surface area (Å²) in [6.45, 7) is 4.78. The van der Waals surface area contributed by atoms with Gasteiger partial charge in [0.05, 0.1) is 11.5 Å². The van der Waals surface area contributed by atoms with E-state index in [1.165, 1.54) is 5.56 Å². The largest absolute Gasteiger partial charge is 0.493 e. The number of pyridine rings is 1. The van der Waals surface area contributed by atoms with Gasteiger partial charge in [-0.25, -0.2) is 4.57 Å². The zero-order chi connectivity index (χ0) is 31.4. The van der Waals surface area contributed by atoms with Crippen LogP contribution in [0.2, 0.25) is 0 Å². The minimum atomic E-state index is -0.429. The number of hydrogen-bond donors (Lipinski definition) is 1. The Hall–Kier alpha value is -3.71. The Morgan fingerprint density at radius 1 is 0.886 bits per heavy atom. The van der Waals surface area contributed by atoms with Crippen LogP contribution in [0, 0.1) is 0 Å². The van der Waals surface area contributed by atoms with Crippen LogP contribution >= 0.6 is 11.3 Å². The van der Waals surface area contributed by atoms with Crippen LogP contribution in [0.15, 0.2) is 83.8 Å². The number of ether oxygens (including phenoxy) is 1. The van der Waals surface area contributed by atoms with Gasteiger partial charge in [0, 0.05) is 31.2 Å². The molecule has 0 saturated heterocycles. The normalized spacial score (nSPS) is 11.8. The molecule has 0 bridgehead atoms. The van der Waals surface area contributed by atoms with E-state index in [0.29, 0.717) is 24.3 Å². The van der Waals surface area contributed by atoms with E-state index in [0.717, 1.165) is 97.1 Å². The SMILES string of the molecule is CCC=CCC=CCC=CCCCCCCCC(=O)n1c(O)c(Cc2ccc(OCCc3ccc(CC)cn3)cc2)sc1=O. The third-order valence-corrected chi connectivity index (χ3v) is 8.28. The van der Waals surface area contributed by atoms with Crippen molar-refractivity contribution in [1.82, 2.24) is 9.55 Å². The molecule has 1 aromatic carbocycles. The van der Waals surface area contributed by atoms with Crippen molar-refractivity contribution in [1.29, 1.82) is 0 Å². The van der Waals surface area contributed by atoms with Gasteiger partial charge < -0.3 is 9.84 Å². The van der Waals surface area contributed by atoms with Gasteiger partial charge in [-0.2, -0.15) is 0 Å². The number of unbranched alkanes of at least 4 members (excludes halogenated alkanes) is 5. The first kappa shape index (κ1) is 34.8. The smallest absolute Gasteiger partial charge is 0.317 e. The maximum Gasteiger partial charge on any atom is 0.317 e. The van der Waals surface area contributed by atoms with Crippen molar-refractivity contribution in [3.05, 3.63) is 110 Å². The number of hydrogen-bond acceptors (Lipinski definition) is 6. The van der Waals surface area contributed by atoms with Crippen LogP contribution in [0.4, 0.5) is 0 Å². The molecule has 1 N–H and O–H groups in total. The molecule has 0 aliphatic carbocycles. The van der Waals surface area contributed by atoms with Crippen LogP contribution in [0.5, 0.6) is 11.6 Å². The number of benzene rings is 1. The van der Waals surface area contributed by atoms with E-state index in [-0.39, 0.29) is 18.2 Å². The highest BCUT2D eigenvalue weighted by atomic mass is 32.1. The summed E-state index contributed by atoms with van der Waals surface area (Å²) in [7, 11) is 0. The lowest BCUT2D eigenvalue weighted by Crippen LogP contribution is -2.20. The summed E-state index contributed by atoms with van der Waals surface area (Å²) in [6.07, 6.45) is 26.6. The van der Waals surface area contributed by atoms with Gasteiger partial charge in [-0.3, -0.25) is 14.6 Å². The highest BCUT2D eigenvalue weighted by molar-refractivity contribution is 7.09. The third-order valence-electron chi connectivity index (χ3n) is 7.35. The standard InChI is InChI=1S/C37H48N2O4S/c1-3-5-6-7-8-9-10-11-12-13-14-15-16-17-18-19-35(40)39-36(41)34(44-37(39)42)28-31-21-24-33(25-22-31)43-27-26-32-23-20-30(4-2)29-38-32/h5-6,8-9,11-12,20-25,29,41H,3-4,7,10,13-19,26-28H2,1-2H3. The van der Waals surface area contributed by atoms with Crippen molar-refractivity contribution < 1.29 is 14.6 Å². The Labute approximate surface area is 266 Å². The summed E-state index contributed by atoms with van der Waals surface area (Å²) < 4.78 is 6.80. The van der Waals surface area contributed by atoms with Crippen LogP contribution in [-0.4, -0.2) is 27.2 Å². The van der Waals surface area contributed by atoms with Gasteiger partial charge >= 0.3 is 4.87 Å². The quantitative estimate of drug-likeness (QED) is 0.101. The molecule has 2 heterocycles. The summed E-state index contributed by atoms with van der Waals surface area (Å²) >= 11 is 0.931. The highest BCUT2D eigenvalue weighted by Crippen LogP contribution is 2.25. The van der Waals surface area contributed by atoms with Crippen LogP contribution < -0.4 is 9.61 Å². The van der Waals surface area contributed by atoms with Crippen molar-refractivity contribution in [2.45, 2.75) is 97.3 Å². The van der Waals surface area contributed by atoms with Gasteiger partial charge in [-0.1, -0.05) is 99.1 Å². The second-order valence-electron chi connectivity index (χ2n) is 10.9. The van der Waals surface area contributed by atoms with Gasteiger partial charge in [-0.05, 0) is 74.3 Å². The molecule has 3 rings (SSSR count). The lowest BCUT2D eigenvalue weighted by Gasteiger charge is -2.08. The Kier molecular flexibility index (Phi) is 16.0. The molecule has 0 unspecified atom stereocenters. The van der Waals surface area contributed by atoms with Crippen LogP contribution in [-0.2, 0) is 19.3 Å². The minimum Gasteiger partial charge on any atom is -0.493 e. The zero-order valence-electron chi connectivity index (χ0n) is 26.4. The number of aromatic hydroxyl groups is 1. The van der Waals surface area contributed by atoms with Gasteiger partial charge in [-0.15, -0.1) is 0 Å². The summed E-state index contributed by atoms with van der Waals surface area (Å²) in [6, 6.07) is 11.7. The fraction of sp³-hybridized carbons (Fsp3) is 0.432. The summed E-state index contributed by atoms with van der Waals surface area (Å²) in [5.41, 5.74) is 3.14. The van der Waals surface area contributed by atoms with Crippen LogP contribution in [0.1, 0.15) is 105 Å². The lowest BCUT2D eigenvalue weighted by molar-refractivity contribution is 0.0886. The molecular weight excluding hydrogens is 568 g/mol. The highest BCUT2D eigenvalue weighted by Gasteiger charge is 2.19. The predicted molar refractivity (Wildman–Crippen MR) is 182 cm³/mol. The number of rotatable bonds is 20. The molecule has 0 radical (unpaired) electrons. The molecule has 6 nitrogen and oxygen atoms in total. The molecule has 0 atom stereocenters. The molecule has 0 aliphatic heterocycles. The van der Waals surface area contributed by atoms with Crippen molar-refractivity contribution in [2.24, 2.45) is 0 Å². The molecule has 3 aromatic rings. The Balaban J connectivity index is 1.33. The van der Waals surface area contributed by atoms with Gasteiger partial charge in [0.1, 0.15) is 5.75 Å². The van der Waals surface area contributed by atoms with Crippen molar-refractivity contribution in [3.8, 4) is 11.6 Å². The molecule has 0 amide bonds. The van der Waals surface area contributed by atoms with Gasteiger partial charge in [0.25, 0.3) is 0 Å². The lowest BCUT2D eigenvalue weighted by atomic mass is 10.1. The topological polar surface area (TPSA) is 81.4 Å². The van der Waals surface area contributed by atoms with Gasteiger partial charge in [0.2, 0.25) is 11.8 Å². The molecular formula is C37H48N2O4S. The molecule has 44 heavy (non-hydrogen) atoms. The summed E-state index contributed by atoms with van der Waals surface area (Å²) in [4.78, 5) is 29.8. The molecule has 0 saturated carbocycles. The summed E-state index contributed by atoms with van der Waals surface area (Å²) in [5.74, 6) is 0.184. The maximum absolute atomic E-state index is 12.7. The van der Waals surface area contributed by atoms with Gasteiger partial charge in [0.15, 0.2) is 0 Å². The first-order chi connectivity index (χ1) is 21.5. The number of nitrogens with zero attached hydrogens (tertiary/aromatic N) is 2. The van der Waals surface area contributed by atoms with Crippen molar-refractivity contribution in [3.63, 3.8) is 0 Å². The first-order valence-corrected chi connectivity index (χ1v) is 16.9. The monoisotopic (exact) mass is 616 g/mol. The van der Waals surface area contributed by atoms with Crippen LogP contribution in [0.3, 0.4) is 0 Å². The fourth-order valence-corrected chi connectivity index (χ4v) is 5.64. The molecule has 2 aromatic heterocycles. The Bertz CT molecular complexity index is 1400. The van der Waals surface area contributed by atoms with E-state index in [1.54, 1.807) is 0 Å². The molecule has 7 heteroatoms. The number of carbonyl (C=O) groups excluding carboxylic acids is 1.